The fourth-order valence-electron chi connectivity index (χ4n) is 4.58. The Hall–Kier alpha value is -3.59. The number of alkyl halides is 1. The number of phenols is 1. The first-order chi connectivity index (χ1) is 15.9. The molecule has 0 amide bonds. The molecule has 1 fully saturated rings. The average Bonchev–Trinajstić information content (AvgIpc) is 3.18. The molecule has 0 aliphatic carbocycles. The molecule has 0 spiro atoms. The third kappa shape index (κ3) is 3.78. The summed E-state index contributed by atoms with van der Waals surface area (Å²) in [6, 6.07) is 8.67. The Morgan fingerprint density at radius 1 is 1.18 bits per heavy atom. The number of methoxy groups -OCH3 is 1. The van der Waals surface area contributed by atoms with Gasteiger partial charge in [-0.25, -0.2) is 14.4 Å². The molecule has 2 aliphatic rings. The van der Waals surface area contributed by atoms with Crippen molar-refractivity contribution in [3.8, 4) is 34.1 Å². The number of fused-ring (bicyclic) bond motifs is 2. The van der Waals surface area contributed by atoms with Crippen LogP contribution in [0.5, 0.6) is 11.6 Å². The monoisotopic (exact) mass is 448 g/mol. The van der Waals surface area contributed by atoms with Crippen molar-refractivity contribution in [1.29, 1.82) is 0 Å². The summed E-state index contributed by atoms with van der Waals surface area (Å²) in [7, 11) is 3.37. The first-order valence-electron chi connectivity index (χ1n) is 10.8. The number of anilines is 1. The van der Waals surface area contributed by atoms with E-state index in [-0.39, 0.29) is 17.8 Å². The number of piperidine rings is 1. The minimum atomic E-state index is -1.10. The number of hydrogen-bond acceptors (Lipinski definition) is 8. The highest BCUT2D eigenvalue weighted by Gasteiger charge is 2.48. The first kappa shape index (κ1) is 21.3. The highest BCUT2D eigenvalue weighted by molar-refractivity contribution is 5.73. The van der Waals surface area contributed by atoms with E-state index in [4.69, 9.17) is 4.74 Å². The van der Waals surface area contributed by atoms with Crippen molar-refractivity contribution in [2.24, 2.45) is 0 Å². The van der Waals surface area contributed by atoms with Gasteiger partial charge in [-0.15, -0.1) is 10.2 Å². The molecular weight excluding hydrogens is 423 g/mol. The lowest BCUT2D eigenvalue weighted by atomic mass is 9.86. The molecule has 33 heavy (non-hydrogen) atoms. The minimum Gasteiger partial charge on any atom is -0.507 e. The van der Waals surface area contributed by atoms with Gasteiger partial charge in [-0.05, 0) is 42.7 Å². The van der Waals surface area contributed by atoms with Crippen LogP contribution in [0.2, 0.25) is 0 Å². The second kappa shape index (κ2) is 8.08. The van der Waals surface area contributed by atoms with Gasteiger partial charge in [0.2, 0.25) is 5.88 Å². The van der Waals surface area contributed by atoms with E-state index in [1.54, 1.807) is 42.6 Å². The maximum Gasteiger partial charge on any atom is 0.213 e. The number of hydrogen-bond donors (Lipinski definition) is 2. The summed E-state index contributed by atoms with van der Waals surface area (Å²) in [5, 5.41) is 22.4. The largest absolute Gasteiger partial charge is 0.507 e. The Morgan fingerprint density at radius 2 is 2.00 bits per heavy atom. The molecule has 2 N–H and O–H groups in total. The Morgan fingerprint density at radius 3 is 2.73 bits per heavy atom. The van der Waals surface area contributed by atoms with Crippen LogP contribution in [0.3, 0.4) is 0 Å². The van der Waals surface area contributed by atoms with Gasteiger partial charge < -0.3 is 14.7 Å². The topological polar surface area (TPSA) is 96.3 Å². The highest BCUT2D eigenvalue weighted by Crippen LogP contribution is 2.36. The van der Waals surface area contributed by atoms with Crippen molar-refractivity contribution in [2.75, 3.05) is 19.1 Å². The third-order valence-corrected chi connectivity index (χ3v) is 6.50. The molecule has 1 aromatic carbocycles. The lowest BCUT2D eigenvalue weighted by Crippen LogP contribution is -2.62. The summed E-state index contributed by atoms with van der Waals surface area (Å²) in [5.41, 5.74) is 1.45. The van der Waals surface area contributed by atoms with Gasteiger partial charge in [0.25, 0.3) is 0 Å². The molecule has 2 aromatic heterocycles. The van der Waals surface area contributed by atoms with E-state index < -0.39 is 11.7 Å². The van der Waals surface area contributed by atoms with Crippen molar-refractivity contribution >= 4 is 5.82 Å². The predicted molar refractivity (Wildman–Crippen MR) is 123 cm³/mol. The van der Waals surface area contributed by atoms with Crippen LogP contribution < -0.4 is 15.0 Å². The molecule has 4 atom stereocenters. The number of rotatable bonds is 5. The van der Waals surface area contributed by atoms with Gasteiger partial charge >= 0.3 is 0 Å². The van der Waals surface area contributed by atoms with E-state index in [0.717, 1.165) is 11.1 Å². The molecule has 2 bridgehead atoms. The van der Waals surface area contributed by atoms with Gasteiger partial charge in [0.1, 0.15) is 11.9 Å². The number of ether oxygens (including phenoxy) is 1. The molecule has 0 saturated carbocycles. The van der Waals surface area contributed by atoms with Crippen molar-refractivity contribution in [3.63, 3.8) is 0 Å². The number of nitrogens with one attached hydrogen (secondary N) is 1. The Kier molecular flexibility index (Phi) is 5.20. The van der Waals surface area contributed by atoms with Crippen LogP contribution >= 0.6 is 0 Å². The van der Waals surface area contributed by atoms with Crippen LogP contribution in [0.4, 0.5) is 10.2 Å². The van der Waals surface area contributed by atoms with Crippen LogP contribution in [0, 0.1) is 0 Å². The maximum absolute atomic E-state index is 15.2. The Bertz CT molecular complexity index is 1200. The second-order valence-electron chi connectivity index (χ2n) is 8.67. The van der Waals surface area contributed by atoms with Crippen LogP contribution in [0.1, 0.15) is 13.3 Å². The van der Waals surface area contributed by atoms with Crippen molar-refractivity contribution in [1.82, 2.24) is 25.5 Å². The summed E-state index contributed by atoms with van der Waals surface area (Å²) >= 11 is 0. The first-order valence-corrected chi connectivity index (χ1v) is 10.8. The zero-order valence-electron chi connectivity index (χ0n) is 18.6. The molecule has 9 heteroatoms. The van der Waals surface area contributed by atoms with Gasteiger partial charge in [-0.1, -0.05) is 18.2 Å². The molecule has 2 aliphatic heterocycles. The molecule has 0 unspecified atom stereocenters. The van der Waals surface area contributed by atoms with Crippen LogP contribution in [-0.4, -0.2) is 63.2 Å². The Balaban J connectivity index is 1.36. The van der Waals surface area contributed by atoms with Gasteiger partial charge in [0.05, 0.1) is 30.5 Å². The lowest BCUT2D eigenvalue weighted by molar-refractivity contribution is 0.128. The molecule has 4 heterocycles. The summed E-state index contributed by atoms with van der Waals surface area (Å²) in [4.78, 5) is 10.3. The van der Waals surface area contributed by atoms with Crippen molar-refractivity contribution in [3.05, 3.63) is 54.9 Å². The van der Waals surface area contributed by atoms with Gasteiger partial charge in [0.15, 0.2) is 11.6 Å². The summed E-state index contributed by atoms with van der Waals surface area (Å²) in [5.74, 6) is 1.30. The predicted octanol–water partition coefficient (Wildman–Crippen LogP) is 3.15. The van der Waals surface area contributed by atoms with E-state index in [0.29, 0.717) is 29.5 Å². The Labute approximate surface area is 191 Å². The van der Waals surface area contributed by atoms with E-state index in [1.165, 1.54) is 0 Å². The van der Waals surface area contributed by atoms with Crippen LogP contribution in [-0.2, 0) is 0 Å². The highest BCUT2D eigenvalue weighted by atomic mass is 19.1. The fraction of sp³-hybridized carbons (Fsp3) is 0.333. The summed E-state index contributed by atoms with van der Waals surface area (Å²) in [6.45, 7) is 1.87. The van der Waals surface area contributed by atoms with Crippen LogP contribution in [0.15, 0.2) is 54.9 Å². The number of aromatic nitrogens is 4. The minimum absolute atomic E-state index is 0.0314. The zero-order valence-corrected chi connectivity index (χ0v) is 18.6. The van der Waals surface area contributed by atoms with E-state index >= 15 is 4.39 Å². The van der Waals surface area contributed by atoms with Gasteiger partial charge in [0, 0.05) is 25.4 Å². The number of benzene rings is 1. The van der Waals surface area contributed by atoms with Crippen molar-refractivity contribution in [2.45, 2.75) is 37.1 Å². The summed E-state index contributed by atoms with van der Waals surface area (Å²) < 4.78 is 20.4. The van der Waals surface area contributed by atoms with Crippen LogP contribution in [0.25, 0.3) is 22.5 Å². The van der Waals surface area contributed by atoms with E-state index in [2.05, 4.69) is 25.5 Å². The lowest BCUT2D eigenvalue weighted by Gasteiger charge is -2.43. The molecule has 0 radical (unpaired) electrons. The number of halogens is 1. The standard InChI is InChI=1S/C24H25FN6O2/c1-24-8-6-16(28-24)12-18(22(24)25)31(2)20-13-27-23(30-29-20)17-5-4-14(10-19(17)32)15-7-9-26-21(11-15)33-3/h4-11,13,16,18,22,28,32H,12H2,1-3H3/t16-,18-,22-,24+/m1/s1. The molecule has 8 nitrogen and oxygen atoms in total. The van der Waals surface area contributed by atoms with Crippen molar-refractivity contribution < 1.29 is 14.2 Å². The molecule has 170 valence electrons. The number of phenolic OH excluding ortho intramolecular Hbond substituents is 1. The molecule has 3 aromatic rings. The third-order valence-electron chi connectivity index (χ3n) is 6.50. The fourth-order valence-corrected chi connectivity index (χ4v) is 4.58. The number of aromatic hydroxyl groups is 1. The zero-order chi connectivity index (χ0) is 23.2. The quantitative estimate of drug-likeness (QED) is 0.575. The molecular formula is C24H25FN6O2. The second-order valence-corrected chi connectivity index (χ2v) is 8.67. The number of nitrogens with zero attached hydrogens (tertiary/aromatic N) is 5. The molecule has 1 saturated heterocycles. The SMILES string of the molecule is COc1cc(-c2ccc(-c3ncc(N(C)[C@@H]4C[C@H]5C=C[C@](C)(N5)[C@@H]4F)nn3)c(O)c2)ccn1. The van der Waals surface area contributed by atoms with Gasteiger partial charge in [-0.3, -0.25) is 5.32 Å². The average molecular weight is 449 g/mol. The maximum atomic E-state index is 15.2. The summed E-state index contributed by atoms with van der Waals surface area (Å²) in [6.07, 6.45) is 6.69. The smallest absolute Gasteiger partial charge is 0.213 e. The van der Waals surface area contributed by atoms with Gasteiger partial charge in [-0.2, -0.15) is 0 Å². The molecule has 5 rings (SSSR count). The number of pyridine rings is 1. The van der Waals surface area contributed by atoms with E-state index in [9.17, 15) is 5.11 Å². The van der Waals surface area contributed by atoms with E-state index in [1.807, 2.05) is 38.3 Å². The normalized spacial score (nSPS) is 25.8.